The third-order valence-electron chi connectivity index (χ3n) is 6.23. The molecule has 0 spiro atoms. The van der Waals surface area contributed by atoms with Gasteiger partial charge >= 0.3 is 0 Å². The van der Waals surface area contributed by atoms with Gasteiger partial charge in [-0.05, 0) is 50.5 Å². The summed E-state index contributed by atoms with van der Waals surface area (Å²) in [6.45, 7) is 0.250. The van der Waals surface area contributed by atoms with Crippen LogP contribution in [-0.2, 0) is 6.54 Å². The van der Waals surface area contributed by atoms with Crippen LogP contribution in [0.2, 0.25) is 0 Å². The Kier molecular flexibility index (Phi) is 4.66. The average Bonchev–Trinajstić information content (AvgIpc) is 2.87. The van der Waals surface area contributed by atoms with Crippen molar-refractivity contribution >= 4 is 38.1 Å². The summed E-state index contributed by atoms with van der Waals surface area (Å²) in [4.78, 5) is 17.5. The molecule has 6 aromatic rings. The van der Waals surface area contributed by atoms with E-state index in [1.165, 1.54) is 21.5 Å². The Hall–Kier alpha value is -4.37. The van der Waals surface area contributed by atoms with Crippen LogP contribution in [0.25, 0.3) is 43.6 Å². The maximum atomic E-state index is 13.1. The summed E-state index contributed by atoms with van der Waals surface area (Å²) in [6, 6.07) is 33.0. The van der Waals surface area contributed by atoms with Crippen LogP contribution in [0.15, 0.2) is 116 Å². The smallest absolute Gasteiger partial charge is 0.232 e. The van der Waals surface area contributed by atoms with Crippen LogP contribution in [0.3, 0.4) is 0 Å². The topological polar surface area (TPSA) is 33.8 Å². The molecule has 0 aliphatic rings. The van der Waals surface area contributed by atoms with E-state index >= 15 is 0 Å². The molecule has 0 amide bonds. The molecule has 1 heterocycles. The molecule has 0 unspecified atom stereocenters. The van der Waals surface area contributed by atoms with Gasteiger partial charge in [0.2, 0.25) is 18.0 Å². The lowest BCUT2D eigenvalue weighted by molar-refractivity contribution is -0.672. The van der Waals surface area contributed by atoms with Crippen molar-refractivity contribution in [1.29, 1.82) is 0 Å². The minimum atomic E-state index is 0.0723. The maximum absolute atomic E-state index is 13.1. The normalized spacial score (nSPS) is 11.3. The largest absolute Gasteiger partial charge is 0.287 e. The second-order valence-electron chi connectivity index (χ2n) is 8.27. The predicted molar refractivity (Wildman–Crippen MR) is 133 cm³/mol. The first kappa shape index (κ1) is 19.3. The number of fused-ring (bicyclic) bond motifs is 3. The number of hydrogen-bond donors (Lipinski definition) is 0. The summed E-state index contributed by atoms with van der Waals surface area (Å²) in [5.41, 5.74) is 2.74. The molecule has 5 aromatic carbocycles. The number of hydrogen-bond acceptors (Lipinski definition) is 2. The zero-order valence-electron chi connectivity index (χ0n) is 18.0. The first-order valence-electron chi connectivity index (χ1n) is 11.0. The molecule has 0 aliphatic heterocycles. The summed E-state index contributed by atoms with van der Waals surface area (Å²) in [5, 5.41) is 7.05. The van der Waals surface area contributed by atoms with Gasteiger partial charge in [0, 0.05) is 5.56 Å². The van der Waals surface area contributed by atoms with Crippen LogP contribution in [0.1, 0.15) is 10.4 Å². The molecule has 0 saturated carbocycles. The van der Waals surface area contributed by atoms with E-state index in [4.69, 9.17) is 0 Å². The van der Waals surface area contributed by atoms with Gasteiger partial charge < -0.3 is 0 Å². The molecule has 6 rings (SSSR count). The van der Waals surface area contributed by atoms with Gasteiger partial charge in [-0.3, -0.25) is 9.78 Å². The molecule has 0 aliphatic carbocycles. The van der Waals surface area contributed by atoms with Crippen molar-refractivity contribution in [1.82, 2.24) is 4.98 Å². The molecular weight excluding hydrogens is 404 g/mol. The number of Topliss-reactive ketones (excluding diaryl/α,β-unsaturated/α-hetero) is 1. The van der Waals surface area contributed by atoms with E-state index in [1.807, 2.05) is 47.3 Å². The van der Waals surface area contributed by atoms with Gasteiger partial charge in [-0.15, -0.1) is 0 Å². The van der Waals surface area contributed by atoms with Crippen LogP contribution in [0.5, 0.6) is 0 Å². The second kappa shape index (κ2) is 7.95. The van der Waals surface area contributed by atoms with E-state index in [9.17, 15) is 4.79 Å². The third-order valence-corrected chi connectivity index (χ3v) is 6.23. The lowest BCUT2D eigenvalue weighted by Gasteiger charge is -2.12. The summed E-state index contributed by atoms with van der Waals surface area (Å²) in [7, 11) is 0. The van der Waals surface area contributed by atoms with Crippen molar-refractivity contribution in [3.63, 3.8) is 0 Å². The molecule has 0 radical (unpaired) electrons. The highest BCUT2D eigenvalue weighted by Gasteiger charge is 2.22. The van der Waals surface area contributed by atoms with Crippen molar-refractivity contribution < 1.29 is 9.36 Å². The van der Waals surface area contributed by atoms with Crippen LogP contribution >= 0.6 is 0 Å². The quantitative estimate of drug-likeness (QED) is 0.187. The van der Waals surface area contributed by atoms with Gasteiger partial charge in [0.15, 0.2) is 6.20 Å². The lowest BCUT2D eigenvalue weighted by atomic mass is 9.92. The molecule has 0 fully saturated rings. The molecule has 33 heavy (non-hydrogen) atoms. The van der Waals surface area contributed by atoms with Crippen LogP contribution < -0.4 is 4.57 Å². The van der Waals surface area contributed by atoms with E-state index in [2.05, 4.69) is 71.7 Å². The van der Waals surface area contributed by atoms with E-state index in [1.54, 1.807) is 6.20 Å². The Morgan fingerprint density at radius 1 is 0.697 bits per heavy atom. The zero-order valence-corrected chi connectivity index (χ0v) is 18.0. The third kappa shape index (κ3) is 3.44. The minimum Gasteiger partial charge on any atom is -0.287 e. The van der Waals surface area contributed by atoms with Crippen molar-refractivity contribution in [2.75, 3.05) is 0 Å². The highest BCUT2D eigenvalue weighted by Crippen LogP contribution is 2.36. The van der Waals surface area contributed by atoms with Crippen LogP contribution in [0.4, 0.5) is 0 Å². The van der Waals surface area contributed by atoms with Gasteiger partial charge in [0.25, 0.3) is 0 Å². The summed E-state index contributed by atoms with van der Waals surface area (Å²) in [5.74, 6) is 0.0723. The van der Waals surface area contributed by atoms with Crippen molar-refractivity contribution in [2.45, 2.75) is 6.54 Å². The first-order chi connectivity index (χ1) is 16.3. The van der Waals surface area contributed by atoms with E-state index in [0.29, 0.717) is 5.56 Å². The Bertz CT molecular complexity index is 1650. The fourth-order valence-electron chi connectivity index (χ4n) is 4.64. The summed E-state index contributed by atoms with van der Waals surface area (Å²) in [6.07, 6.45) is 5.50. The summed E-state index contributed by atoms with van der Waals surface area (Å²) >= 11 is 0. The van der Waals surface area contributed by atoms with Gasteiger partial charge in [0.1, 0.15) is 0 Å². The number of rotatable bonds is 4. The maximum Gasteiger partial charge on any atom is 0.232 e. The molecule has 0 N–H and O–H groups in total. The average molecular weight is 426 g/mol. The lowest BCUT2D eigenvalue weighted by Crippen LogP contribution is -2.40. The predicted octanol–water partition coefficient (Wildman–Crippen LogP) is 6.38. The Labute approximate surface area is 191 Å². The molecule has 0 atom stereocenters. The van der Waals surface area contributed by atoms with Gasteiger partial charge in [-0.1, -0.05) is 78.9 Å². The highest BCUT2D eigenvalue weighted by atomic mass is 16.1. The van der Waals surface area contributed by atoms with E-state index in [0.717, 1.165) is 22.0 Å². The minimum absolute atomic E-state index is 0.0723. The van der Waals surface area contributed by atoms with E-state index < -0.39 is 0 Å². The van der Waals surface area contributed by atoms with E-state index in [-0.39, 0.29) is 12.3 Å². The Morgan fingerprint density at radius 3 is 2.18 bits per heavy atom. The zero-order chi connectivity index (χ0) is 22.2. The number of ketones is 1. The van der Waals surface area contributed by atoms with Crippen LogP contribution in [0, 0.1) is 0 Å². The molecule has 0 bridgehead atoms. The van der Waals surface area contributed by atoms with Crippen molar-refractivity contribution in [2.24, 2.45) is 0 Å². The number of carbonyl (C=O) groups excluding carboxylic acids is 1. The van der Waals surface area contributed by atoms with Gasteiger partial charge in [0.05, 0.1) is 18.0 Å². The molecule has 0 saturated heterocycles. The van der Waals surface area contributed by atoms with Crippen molar-refractivity contribution in [3.05, 3.63) is 121 Å². The first-order valence-corrected chi connectivity index (χ1v) is 11.0. The number of benzene rings is 5. The fourth-order valence-corrected chi connectivity index (χ4v) is 4.64. The molecular formula is C30H21N2O+. The molecule has 156 valence electrons. The number of aromatic nitrogens is 2. The van der Waals surface area contributed by atoms with Crippen LogP contribution in [-0.4, -0.2) is 10.8 Å². The molecule has 3 nitrogen and oxygen atoms in total. The second-order valence-corrected chi connectivity index (χ2v) is 8.27. The molecule has 1 aromatic heterocycles. The standard InChI is InChI=1S/C30H21N2O/c33-29(21-8-2-1-3-9-21)20-32-15-14-31-19-28(32)30-26-13-7-6-12-24(26)17-25-16-22-10-4-5-11-23(22)18-27(25)30/h1-19H,20H2/q+1. The number of carbonyl (C=O) groups is 1. The number of nitrogens with zero attached hydrogens (tertiary/aromatic N) is 2. The summed E-state index contributed by atoms with van der Waals surface area (Å²) < 4.78 is 2.01. The Balaban J connectivity index is 1.62. The van der Waals surface area contributed by atoms with Crippen molar-refractivity contribution in [3.8, 4) is 11.3 Å². The fraction of sp³-hybridized carbons (Fsp3) is 0.0333. The Morgan fingerprint density at radius 2 is 1.36 bits per heavy atom. The SMILES string of the molecule is O=C(C[n+]1ccncc1-c1c2ccccc2cc2cc3ccccc3cc12)c1ccccc1. The van der Waals surface area contributed by atoms with Gasteiger partial charge in [-0.25, -0.2) is 0 Å². The molecule has 3 heteroatoms. The monoisotopic (exact) mass is 425 g/mol. The highest BCUT2D eigenvalue weighted by molar-refractivity contribution is 6.14. The van der Waals surface area contributed by atoms with Gasteiger partial charge in [-0.2, -0.15) is 4.57 Å².